The molecule has 0 saturated carbocycles. The monoisotopic (exact) mass is 382 g/mol. The van der Waals surface area contributed by atoms with Gasteiger partial charge in [0.25, 0.3) is 12.3 Å². The number of esters is 2. The summed E-state index contributed by atoms with van der Waals surface area (Å²) in [5, 5.41) is 0. The van der Waals surface area contributed by atoms with E-state index < -0.39 is 18.2 Å². The van der Waals surface area contributed by atoms with Crippen LogP contribution in [0.25, 0.3) is 11.1 Å². The van der Waals surface area contributed by atoms with Gasteiger partial charge in [-0.05, 0) is 36.4 Å². The molecule has 8 nitrogen and oxygen atoms in total. The van der Waals surface area contributed by atoms with E-state index in [1.54, 1.807) is 24.3 Å². The van der Waals surface area contributed by atoms with Crippen molar-refractivity contribution < 1.29 is 28.2 Å². The summed E-state index contributed by atoms with van der Waals surface area (Å²) in [6.07, 6.45) is -1.36. The first-order valence-corrected chi connectivity index (χ1v) is 8.77. The highest BCUT2D eigenvalue weighted by Crippen LogP contribution is 2.26. The Morgan fingerprint density at radius 3 is 2.50 bits per heavy atom. The molecule has 1 aliphatic rings. The molecule has 1 fully saturated rings. The van der Waals surface area contributed by atoms with Gasteiger partial charge in [0, 0.05) is 12.6 Å². The average Bonchev–Trinajstić information content (AvgIpc) is 3.12. The summed E-state index contributed by atoms with van der Waals surface area (Å²) in [6.45, 7) is 0.994. The van der Waals surface area contributed by atoms with Crippen LogP contribution in [0.5, 0.6) is 5.75 Å². The Balaban J connectivity index is 1.31. The van der Waals surface area contributed by atoms with Crippen LogP contribution in [0, 0.1) is 0 Å². The molecule has 0 bridgehead atoms. The molecule has 8 heteroatoms. The fourth-order valence-corrected chi connectivity index (χ4v) is 2.74. The van der Waals surface area contributed by atoms with Crippen LogP contribution in [0.2, 0.25) is 0 Å². The van der Waals surface area contributed by atoms with E-state index >= 15 is 0 Å². The highest BCUT2D eigenvalue weighted by Gasteiger charge is 2.29. The molecule has 144 valence electrons. The molecule has 4 rings (SSSR count). The molecule has 0 unspecified atom stereocenters. The second-order valence-corrected chi connectivity index (χ2v) is 6.29. The molecule has 28 heavy (non-hydrogen) atoms. The highest BCUT2D eigenvalue weighted by atomic mass is 16.7. The third kappa shape index (κ3) is 3.90. The van der Waals surface area contributed by atoms with Gasteiger partial charge in [0.05, 0.1) is 6.54 Å². The molecule has 0 spiro atoms. The maximum absolute atomic E-state index is 11.3. The van der Waals surface area contributed by atoms with Crippen LogP contribution in [-0.2, 0) is 19.1 Å². The van der Waals surface area contributed by atoms with E-state index in [4.69, 9.17) is 18.6 Å². The normalized spacial score (nSPS) is 14.6. The Kier molecular flexibility index (Phi) is 4.84. The van der Waals surface area contributed by atoms with E-state index in [9.17, 15) is 9.59 Å². The Bertz CT molecular complexity index is 948. The molecular formula is C20H18N2O6. The minimum atomic E-state index is -1.01. The van der Waals surface area contributed by atoms with Gasteiger partial charge in [-0.15, -0.1) is 0 Å². The molecule has 1 aliphatic heterocycles. The third-order valence-electron chi connectivity index (χ3n) is 4.22. The van der Waals surface area contributed by atoms with Crippen molar-refractivity contribution in [1.82, 2.24) is 4.98 Å². The smallest absolute Gasteiger partial charge is 0.320 e. The van der Waals surface area contributed by atoms with Crippen molar-refractivity contribution in [1.29, 1.82) is 0 Å². The summed E-state index contributed by atoms with van der Waals surface area (Å²) in [7, 11) is 1.88. The number of benzene rings is 2. The number of fused-ring (bicyclic) bond motifs is 1. The van der Waals surface area contributed by atoms with Crippen molar-refractivity contribution in [2.24, 2.45) is 0 Å². The predicted octanol–water partition coefficient (Wildman–Crippen LogP) is 2.83. The zero-order chi connectivity index (χ0) is 19.5. The van der Waals surface area contributed by atoms with Crippen LogP contribution in [-0.4, -0.2) is 37.1 Å². The molecule has 0 amide bonds. The Morgan fingerprint density at radius 1 is 1.07 bits per heavy atom. The quantitative estimate of drug-likeness (QED) is 0.475. The SMILES string of the molecule is CN(CCOc1ccc(C2OC(=O)CC(=O)O2)cc1)c1nc2ccccc2o1. The number of rotatable bonds is 6. The van der Waals surface area contributed by atoms with Gasteiger partial charge in [-0.1, -0.05) is 12.1 Å². The predicted molar refractivity (Wildman–Crippen MR) is 98.8 cm³/mol. The van der Waals surface area contributed by atoms with Crippen LogP contribution in [0.3, 0.4) is 0 Å². The molecule has 1 saturated heterocycles. The molecule has 3 aromatic rings. The van der Waals surface area contributed by atoms with E-state index in [0.29, 0.717) is 30.5 Å². The number of cyclic esters (lactones) is 2. The minimum absolute atomic E-state index is 0.356. The van der Waals surface area contributed by atoms with Gasteiger partial charge in [-0.3, -0.25) is 9.59 Å². The number of carbonyl (C=O) groups is 2. The number of anilines is 1. The van der Waals surface area contributed by atoms with Crippen LogP contribution >= 0.6 is 0 Å². The maximum atomic E-state index is 11.3. The number of ether oxygens (including phenoxy) is 3. The van der Waals surface area contributed by atoms with E-state index in [-0.39, 0.29) is 6.42 Å². The first-order chi connectivity index (χ1) is 13.6. The first kappa shape index (κ1) is 17.8. The van der Waals surface area contributed by atoms with E-state index in [0.717, 1.165) is 11.1 Å². The lowest BCUT2D eigenvalue weighted by molar-refractivity contribution is -0.204. The van der Waals surface area contributed by atoms with Crippen molar-refractivity contribution in [3.63, 3.8) is 0 Å². The lowest BCUT2D eigenvalue weighted by Gasteiger charge is -2.22. The lowest BCUT2D eigenvalue weighted by atomic mass is 10.2. The molecule has 2 aromatic carbocycles. The van der Waals surface area contributed by atoms with Crippen molar-refractivity contribution in [2.45, 2.75) is 12.7 Å². The van der Waals surface area contributed by atoms with Gasteiger partial charge in [0.15, 0.2) is 5.58 Å². The van der Waals surface area contributed by atoms with Gasteiger partial charge in [0.1, 0.15) is 24.3 Å². The summed E-state index contributed by atoms with van der Waals surface area (Å²) in [4.78, 5) is 29.0. The van der Waals surface area contributed by atoms with Gasteiger partial charge < -0.3 is 23.5 Å². The summed E-state index contributed by atoms with van der Waals surface area (Å²) in [5.41, 5.74) is 2.12. The average molecular weight is 382 g/mol. The second-order valence-electron chi connectivity index (χ2n) is 6.29. The van der Waals surface area contributed by atoms with Crippen LogP contribution in [0.15, 0.2) is 52.9 Å². The number of nitrogens with zero attached hydrogens (tertiary/aromatic N) is 2. The molecule has 0 aliphatic carbocycles. The fraction of sp³-hybridized carbons (Fsp3) is 0.250. The maximum Gasteiger partial charge on any atom is 0.320 e. The van der Waals surface area contributed by atoms with Crippen molar-refractivity contribution >= 4 is 29.1 Å². The summed E-state index contributed by atoms with van der Waals surface area (Å²) in [5.74, 6) is -0.546. The standard InChI is InChI=1S/C20H18N2O6/c1-22(20-21-15-4-2-3-5-16(15)26-20)10-11-25-14-8-6-13(7-9-14)19-27-17(23)12-18(24)28-19/h2-9,19H,10-12H2,1H3. The van der Waals surface area contributed by atoms with Crippen LogP contribution in [0.4, 0.5) is 6.01 Å². The van der Waals surface area contributed by atoms with Crippen LogP contribution < -0.4 is 9.64 Å². The number of hydrogen-bond acceptors (Lipinski definition) is 8. The first-order valence-electron chi connectivity index (χ1n) is 8.77. The molecule has 0 N–H and O–H groups in total. The van der Waals surface area contributed by atoms with E-state index in [1.165, 1.54) is 0 Å². The van der Waals surface area contributed by atoms with Gasteiger partial charge in [-0.25, -0.2) is 0 Å². The zero-order valence-corrected chi connectivity index (χ0v) is 15.2. The Hall–Kier alpha value is -3.55. The summed E-state index contributed by atoms with van der Waals surface area (Å²) < 4.78 is 21.5. The Morgan fingerprint density at radius 2 is 1.79 bits per heavy atom. The number of para-hydroxylation sites is 2. The molecule has 2 heterocycles. The van der Waals surface area contributed by atoms with E-state index in [1.807, 2.05) is 36.2 Å². The topological polar surface area (TPSA) is 91.1 Å². The van der Waals surface area contributed by atoms with Gasteiger partial charge >= 0.3 is 11.9 Å². The lowest BCUT2D eigenvalue weighted by Crippen LogP contribution is -2.26. The van der Waals surface area contributed by atoms with Gasteiger partial charge in [0.2, 0.25) is 0 Å². The highest BCUT2D eigenvalue weighted by molar-refractivity contribution is 5.92. The second kappa shape index (κ2) is 7.59. The summed E-state index contributed by atoms with van der Waals surface area (Å²) >= 11 is 0. The number of likely N-dealkylation sites (N-methyl/N-ethyl adjacent to an activating group) is 1. The third-order valence-corrected chi connectivity index (χ3v) is 4.22. The van der Waals surface area contributed by atoms with Gasteiger partial charge in [-0.2, -0.15) is 4.98 Å². The molecule has 0 atom stereocenters. The van der Waals surface area contributed by atoms with Crippen molar-refractivity contribution in [2.75, 3.05) is 25.1 Å². The number of aromatic nitrogens is 1. The van der Waals surface area contributed by atoms with E-state index in [2.05, 4.69) is 4.98 Å². The molecule has 1 aromatic heterocycles. The number of oxazole rings is 1. The molecule has 0 radical (unpaired) electrons. The Labute approximate surface area is 160 Å². The zero-order valence-electron chi connectivity index (χ0n) is 15.2. The minimum Gasteiger partial charge on any atom is -0.492 e. The largest absolute Gasteiger partial charge is 0.492 e. The summed E-state index contributed by atoms with van der Waals surface area (Å²) in [6, 6.07) is 15.0. The number of hydrogen-bond donors (Lipinski definition) is 0. The van der Waals surface area contributed by atoms with Crippen LogP contribution in [0.1, 0.15) is 18.3 Å². The number of carbonyl (C=O) groups excluding carboxylic acids is 2. The van der Waals surface area contributed by atoms with Crippen molar-refractivity contribution in [3.8, 4) is 5.75 Å². The van der Waals surface area contributed by atoms with Crippen molar-refractivity contribution in [3.05, 3.63) is 54.1 Å². The molecular weight excluding hydrogens is 364 g/mol. The fourth-order valence-electron chi connectivity index (χ4n) is 2.74.